The summed E-state index contributed by atoms with van der Waals surface area (Å²) in [6, 6.07) is 7.25. The highest BCUT2D eigenvalue weighted by atomic mass is 35.5. The number of hydrogen-bond donors (Lipinski definition) is 1. The van der Waals surface area contributed by atoms with Crippen molar-refractivity contribution in [1.82, 2.24) is 9.88 Å². The predicted octanol–water partition coefficient (Wildman–Crippen LogP) is 2.96. The first-order valence-corrected chi connectivity index (χ1v) is 7.15. The van der Waals surface area contributed by atoms with E-state index in [0.29, 0.717) is 17.3 Å². The van der Waals surface area contributed by atoms with Crippen molar-refractivity contribution >= 4 is 23.3 Å². The Bertz CT molecular complexity index is 619. The van der Waals surface area contributed by atoms with Gasteiger partial charge in [0.25, 0.3) is 0 Å². The van der Waals surface area contributed by atoms with Crippen LogP contribution in [0.2, 0.25) is 0 Å². The Morgan fingerprint density at radius 3 is 2.95 bits per heavy atom. The summed E-state index contributed by atoms with van der Waals surface area (Å²) in [6.07, 6.45) is 2.74. The van der Waals surface area contributed by atoms with Crippen LogP contribution in [0.5, 0.6) is 0 Å². The summed E-state index contributed by atoms with van der Waals surface area (Å²) in [4.78, 5) is 6.73. The molecule has 1 aromatic heterocycles. The molecule has 2 heterocycles. The molecule has 2 unspecified atom stereocenters. The molecule has 0 saturated carbocycles. The molecule has 1 saturated heterocycles. The average molecular weight is 310 g/mol. The van der Waals surface area contributed by atoms with Crippen molar-refractivity contribution in [3.05, 3.63) is 41.8 Å². The van der Waals surface area contributed by atoms with Crippen molar-refractivity contribution in [2.24, 2.45) is 11.7 Å². The van der Waals surface area contributed by atoms with Crippen molar-refractivity contribution in [3.63, 3.8) is 0 Å². The van der Waals surface area contributed by atoms with Crippen LogP contribution in [-0.4, -0.2) is 29.0 Å². The number of pyridine rings is 1. The minimum Gasteiger partial charge on any atom is -0.327 e. The summed E-state index contributed by atoms with van der Waals surface area (Å²) < 4.78 is 13.8. The van der Waals surface area contributed by atoms with E-state index in [4.69, 9.17) is 5.73 Å². The van der Waals surface area contributed by atoms with E-state index in [1.165, 1.54) is 0 Å². The zero-order chi connectivity index (χ0) is 14.1. The second-order valence-corrected chi connectivity index (χ2v) is 5.77. The van der Waals surface area contributed by atoms with Crippen LogP contribution in [0, 0.1) is 11.7 Å². The lowest BCUT2D eigenvalue weighted by molar-refractivity contribution is 0.158. The van der Waals surface area contributed by atoms with E-state index in [1.807, 2.05) is 6.07 Å². The van der Waals surface area contributed by atoms with Crippen molar-refractivity contribution in [2.45, 2.75) is 25.9 Å². The minimum atomic E-state index is -0.203. The van der Waals surface area contributed by atoms with Crippen molar-refractivity contribution < 1.29 is 4.39 Å². The molecule has 2 atom stereocenters. The number of nitrogens with zero attached hydrogens (tertiary/aromatic N) is 2. The Kier molecular flexibility index (Phi) is 5.14. The summed E-state index contributed by atoms with van der Waals surface area (Å²) in [6.45, 7) is 4.99. The molecule has 0 aliphatic carbocycles. The SMILES string of the molecule is CC1CN(Cc2ccc(F)c3cccnc23)CCC1N.Cl. The third-order valence-electron chi connectivity index (χ3n) is 4.25. The van der Waals surface area contributed by atoms with Gasteiger partial charge in [0.2, 0.25) is 0 Å². The molecule has 0 radical (unpaired) electrons. The van der Waals surface area contributed by atoms with Gasteiger partial charge < -0.3 is 5.73 Å². The Balaban J connectivity index is 0.00000161. The van der Waals surface area contributed by atoms with Crippen LogP contribution in [-0.2, 0) is 6.54 Å². The maximum Gasteiger partial charge on any atom is 0.132 e. The van der Waals surface area contributed by atoms with Crippen LogP contribution >= 0.6 is 12.4 Å². The summed E-state index contributed by atoms with van der Waals surface area (Å²) in [7, 11) is 0. The van der Waals surface area contributed by atoms with Gasteiger partial charge in [-0.3, -0.25) is 9.88 Å². The van der Waals surface area contributed by atoms with Crippen LogP contribution in [0.25, 0.3) is 10.9 Å². The van der Waals surface area contributed by atoms with Crippen LogP contribution < -0.4 is 5.73 Å². The smallest absolute Gasteiger partial charge is 0.132 e. The largest absolute Gasteiger partial charge is 0.327 e. The van der Waals surface area contributed by atoms with Gasteiger partial charge in [0.1, 0.15) is 5.82 Å². The third-order valence-corrected chi connectivity index (χ3v) is 4.25. The third kappa shape index (κ3) is 3.34. The molecule has 21 heavy (non-hydrogen) atoms. The predicted molar refractivity (Wildman–Crippen MR) is 86.0 cm³/mol. The average Bonchev–Trinajstić information content (AvgIpc) is 2.46. The number of nitrogens with two attached hydrogens (primary N) is 1. The summed E-state index contributed by atoms with van der Waals surface area (Å²) in [5.74, 6) is 0.300. The van der Waals surface area contributed by atoms with Gasteiger partial charge in [-0.2, -0.15) is 0 Å². The maximum atomic E-state index is 13.8. The fraction of sp³-hybridized carbons (Fsp3) is 0.438. The Labute approximate surface area is 130 Å². The van der Waals surface area contributed by atoms with Crippen molar-refractivity contribution in [1.29, 1.82) is 0 Å². The Hall–Kier alpha value is -1.23. The number of halogens is 2. The lowest BCUT2D eigenvalue weighted by atomic mass is 9.94. The lowest BCUT2D eigenvalue weighted by Crippen LogP contribution is -2.45. The lowest BCUT2D eigenvalue weighted by Gasteiger charge is -2.35. The van der Waals surface area contributed by atoms with E-state index in [9.17, 15) is 4.39 Å². The highest BCUT2D eigenvalue weighted by molar-refractivity contribution is 5.85. The first-order valence-electron chi connectivity index (χ1n) is 7.15. The fourth-order valence-corrected chi connectivity index (χ4v) is 2.96. The fourth-order valence-electron chi connectivity index (χ4n) is 2.96. The van der Waals surface area contributed by atoms with E-state index in [1.54, 1.807) is 24.4 Å². The van der Waals surface area contributed by atoms with Crippen LogP contribution in [0.3, 0.4) is 0 Å². The van der Waals surface area contributed by atoms with Gasteiger partial charge in [0, 0.05) is 30.7 Å². The molecule has 5 heteroatoms. The number of piperidine rings is 1. The van der Waals surface area contributed by atoms with Gasteiger partial charge in [-0.05, 0) is 42.6 Å². The molecule has 1 aliphatic heterocycles. The molecule has 3 nitrogen and oxygen atoms in total. The molecule has 0 amide bonds. The number of benzene rings is 1. The van der Waals surface area contributed by atoms with Gasteiger partial charge in [0.05, 0.1) is 5.52 Å². The zero-order valence-electron chi connectivity index (χ0n) is 12.1. The van der Waals surface area contributed by atoms with Gasteiger partial charge in [-0.1, -0.05) is 13.0 Å². The van der Waals surface area contributed by atoms with Gasteiger partial charge in [-0.15, -0.1) is 12.4 Å². The second kappa shape index (κ2) is 6.69. The molecule has 2 N–H and O–H groups in total. The van der Waals surface area contributed by atoms with Crippen molar-refractivity contribution in [3.8, 4) is 0 Å². The monoisotopic (exact) mass is 309 g/mol. The van der Waals surface area contributed by atoms with Gasteiger partial charge in [0.15, 0.2) is 0 Å². The summed E-state index contributed by atoms with van der Waals surface area (Å²) in [5, 5.41) is 0.603. The van der Waals surface area contributed by atoms with Crippen LogP contribution in [0.1, 0.15) is 18.9 Å². The molecular weight excluding hydrogens is 289 g/mol. The first-order chi connectivity index (χ1) is 9.65. The Morgan fingerprint density at radius 2 is 2.19 bits per heavy atom. The first kappa shape index (κ1) is 16.1. The molecule has 114 valence electrons. The maximum absolute atomic E-state index is 13.8. The molecule has 1 aliphatic rings. The molecular formula is C16H21ClFN3. The zero-order valence-corrected chi connectivity index (χ0v) is 12.9. The quantitative estimate of drug-likeness (QED) is 0.927. The van der Waals surface area contributed by atoms with Gasteiger partial charge >= 0.3 is 0 Å². The summed E-state index contributed by atoms with van der Waals surface area (Å²) >= 11 is 0. The number of rotatable bonds is 2. The van der Waals surface area contributed by atoms with E-state index >= 15 is 0 Å². The van der Waals surface area contributed by atoms with E-state index < -0.39 is 0 Å². The standard InChI is InChI=1S/C16H20FN3.ClH/c1-11-9-20(8-6-15(11)18)10-12-4-5-14(17)13-3-2-7-19-16(12)13;/h2-5,7,11,15H,6,8-10,18H2,1H3;1H. The molecule has 2 aromatic rings. The van der Waals surface area contributed by atoms with E-state index in [2.05, 4.69) is 16.8 Å². The highest BCUT2D eigenvalue weighted by Gasteiger charge is 2.23. The number of aromatic nitrogens is 1. The van der Waals surface area contributed by atoms with Crippen LogP contribution in [0.15, 0.2) is 30.5 Å². The number of likely N-dealkylation sites (tertiary alicyclic amines) is 1. The molecule has 0 bridgehead atoms. The minimum absolute atomic E-state index is 0. The Morgan fingerprint density at radius 1 is 1.38 bits per heavy atom. The molecule has 1 aromatic carbocycles. The number of hydrogen-bond acceptors (Lipinski definition) is 3. The second-order valence-electron chi connectivity index (χ2n) is 5.77. The normalized spacial score (nSPS) is 23.0. The van der Waals surface area contributed by atoms with Crippen LogP contribution in [0.4, 0.5) is 4.39 Å². The van der Waals surface area contributed by atoms with Gasteiger partial charge in [-0.25, -0.2) is 4.39 Å². The molecule has 3 rings (SSSR count). The molecule has 0 spiro atoms. The highest BCUT2D eigenvalue weighted by Crippen LogP contribution is 2.23. The van der Waals surface area contributed by atoms with Crippen molar-refractivity contribution in [2.75, 3.05) is 13.1 Å². The molecule has 1 fully saturated rings. The van der Waals surface area contributed by atoms with E-state index in [-0.39, 0.29) is 18.2 Å². The van der Waals surface area contributed by atoms with E-state index in [0.717, 1.165) is 37.1 Å². The topological polar surface area (TPSA) is 42.2 Å². The number of fused-ring (bicyclic) bond motifs is 1. The summed E-state index contributed by atoms with van der Waals surface area (Å²) in [5.41, 5.74) is 7.92.